The summed E-state index contributed by atoms with van der Waals surface area (Å²) in [5.74, 6) is -0.519. The molecule has 1 heterocycles. The summed E-state index contributed by atoms with van der Waals surface area (Å²) in [7, 11) is 0. The van der Waals surface area contributed by atoms with Crippen molar-refractivity contribution in [3.8, 4) is 0 Å². The first-order valence-electron chi connectivity index (χ1n) is 6.23. The number of halogens is 2. The van der Waals surface area contributed by atoms with Gasteiger partial charge in [0.1, 0.15) is 6.04 Å². The van der Waals surface area contributed by atoms with Crippen molar-refractivity contribution in [2.45, 2.75) is 19.4 Å². The van der Waals surface area contributed by atoms with Gasteiger partial charge in [0.05, 0.1) is 0 Å². The lowest BCUT2D eigenvalue weighted by Gasteiger charge is -2.30. The molecular formula is C13H14Cl2N3O3+. The molecule has 1 saturated heterocycles. The standard InChI is InChI=1S/C13H13Cl2N3O3/c1-7(2-8-3-9(14)5-10(15)4-8)18(12(16)20)6-11(19)17-13(18)21/h3-5,7H,2,6H2,1H3,(H2-,16,17,19,20,21)/p+1. The minimum atomic E-state index is -0.862. The number of urea groups is 2. The van der Waals surface area contributed by atoms with Crippen LogP contribution in [0.2, 0.25) is 10.0 Å². The number of amides is 5. The molecule has 21 heavy (non-hydrogen) atoms. The molecule has 1 fully saturated rings. The molecule has 2 rings (SSSR count). The number of benzene rings is 1. The van der Waals surface area contributed by atoms with Crippen LogP contribution in [0.1, 0.15) is 12.5 Å². The Morgan fingerprint density at radius 3 is 2.33 bits per heavy atom. The second-order valence-corrected chi connectivity index (χ2v) is 5.92. The Hall–Kier alpha value is -1.63. The molecule has 1 aromatic carbocycles. The minimum Gasteiger partial charge on any atom is -0.318 e. The summed E-state index contributed by atoms with van der Waals surface area (Å²) in [4.78, 5) is 35.2. The van der Waals surface area contributed by atoms with Crippen molar-refractivity contribution < 1.29 is 18.9 Å². The Kier molecular flexibility index (Phi) is 4.22. The predicted molar refractivity (Wildman–Crippen MR) is 77.9 cm³/mol. The van der Waals surface area contributed by atoms with Gasteiger partial charge in [0.15, 0.2) is 6.54 Å². The fraction of sp³-hybridized carbons (Fsp3) is 0.308. The summed E-state index contributed by atoms with van der Waals surface area (Å²) in [6.45, 7) is 1.39. The van der Waals surface area contributed by atoms with Gasteiger partial charge >= 0.3 is 12.1 Å². The summed E-state index contributed by atoms with van der Waals surface area (Å²) in [6, 6.07) is 2.88. The van der Waals surface area contributed by atoms with Crippen molar-refractivity contribution in [1.29, 1.82) is 0 Å². The van der Waals surface area contributed by atoms with E-state index in [1.807, 2.05) is 0 Å². The summed E-state index contributed by atoms with van der Waals surface area (Å²) in [6.07, 6.45) is 0.323. The number of quaternary nitrogens is 1. The number of nitrogens with zero attached hydrogens (tertiary/aromatic N) is 1. The van der Waals surface area contributed by atoms with Gasteiger partial charge in [0.2, 0.25) is 0 Å². The Morgan fingerprint density at radius 1 is 1.33 bits per heavy atom. The van der Waals surface area contributed by atoms with Crippen molar-refractivity contribution >= 4 is 41.2 Å². The second kappa shape index (κ2) is 5.63. The van der Waals surface area contributed by atoms with E-state index in [4.69, 9.17) is 28.9 Å². The van der Waals surface area contributed by atoms with Crippen LogP contribution in [0.15, 0.2) is 18.2 Å². The summed E-state index contributed by atoms with van der Waals surface area (Å²) in [5.41, 5.74) is 6.12. The molecular weight excluding hydrogens is 317 g/mol. The molecule has 0 saturated carbocycles. The quantitative estimate of drug-likeness (QED) is 0.656. The van der Waals surface area contributed by atoms with Crippen LogP contribution in [0.5, 0.6) is 0 Å². The van der Waals surface area contributed by atoms with Crippen LogP contribution in [0.3, 0.4) is 0 Å². The van der Waals surface area contributed by atoms with Crippen LogP contribution >= 0.6 is 23.2 Å². The smallest absolute Gasteiger partial charge is 0.318 e. The summed E-state index contributed by atoms with van der Waals surface area (Å²) in [5, 5.41) is 3.03. The molecule has 0 spiro atoms. The average molecular weight is 331 g/mol. The molecule has 112 valence electrons. The van der Waals surface area contributed by atoms with Crippen LogP contribution in [0.4, 0.5) is 9.59 Å². The number of imide groups is 2. The fourth-order valence-electron chi connectivity index (χ4n) is 2.53. The number of carbonyl (C=O) groups excluding carboxylic acids is 3. The zero-order valence-electron chi connectivity index (χ0n) is 11.2. The molecule has 0 radical (unpaired) electrons. The SMILES string of the molecule is CC(Cc1cc(Cl)cc(Cl)c1)[N+]1(C(N)=O)CC(=O)NC1=O. The number of nitrogens with two attached hydrogens (primary N) is 1. The number of hydrogen-bond donors (Lipinski definition) is 2. The summed E-state index contributed by atoms with van der Waals surface area (Å²) < 4.78 is -0.747. The lowest BCUT2D eigenvalue weighted by Crippen LogP contribution is -2.63. The van der Waals surface area contributed by atoms with Gasteiger partial charge in [0, 0.05) is 16.5 Å². The van der Waals surface area contributed by atoms with Crippen molar-refractivity contribution in [2.24, 2.45) is 5.73 Å². The molecule has 6 nitrogen and oxygen atoms in total. The molecule has 1 aliphatic heterocycles. The maximum absolute atomic E-state index is 12.0. The zero-order chi connectivity index (χ0) is 15.8. The highest BCUT2D eigenvalue weighted by Crippen LogP contribution is 2.25. The third-order valence-electron chi connectivity index (χ3n) is 3.60. The van der Waals surface area contributed by atoms with E-state index in [2.05, 4.69) is 5.32 Å². The first kappa shape index (κ1) is 15.8. The fourth-order valence-corrected chi connectivity index (χ4v) is 3.11. The Morgan fingerprint density at radius 2 is 1.90 bits per heavy atom. The van der Waals surface area contributed by atoms with Gasteiger partial charge in [-0.2, -0.15) is 0 Å². The second-order valence-electron chi connectivity index (χ2n) is 5.05. The van der Waals surface area contributed by atoms with Gasteiger partial charge in [-0.1, -0.05) is 23.2 Å². The Labute approximate surface area is 131 Å². The topological polar surface area (TPSA) is 89.3 Å². The van der Waals surface area contributed by atoms with E-state index in [9.17, 15) is 14.4 Å². The van der Waals surface area contributed by atoms with E-state index in [-0.39, 0.29) is 6.54 Å². The first-order valence-corrected chi connectivity index (χ1v) is 6.98. The molecule has 1 aromatic rings. The predicted octanol–water partition coefficient (Wildman–Crippen LogP) is 2.07. The normalized spacial score (nSPS) is 23.0. The lowest BCUT2D eigenvalue weighted by molar-refractivity contribution is -0.778. The van der Waals surface area contributed by atoms with Gasteiger partial charge < -0.3 is 5.73 Å². The lowest BCUT2D eigenvalue weighted by atomic mass is 10.0. The van der Waals surface area contributed by atoms with E-state index >= 15 is 0 Å². The number of rotatable bonds is 3. The van der Waals surface area contributed by atoms with Crippen molar-refractivity contribution in [3.05, 3.63) is 33.8 Å². The molecule has 1 aliphatic rings. The molecule has 2 unspecified atom stereocenters. The number of nitrogens with one attached hydrogen (secondary N) is 1. The highest BCUT2D eigenvalue weighted by atomic mass is 35.5. The molecule has 0 bridgehead atoms. The maximum Gasteiger partial charge on any atom is 0.433 e. The number of carbonyl (C=O) groups is 3. The van der Waals surface area contributed by atoms with Gasteiger partial charge in [-0.3, -0.25) is 4.79 Å². The van der Waals surface area contributed by atoms with Crippen LogP contribution in [0, 0.1) is 0 Å². The third kappa shape index (κ3) is 2.88. The Balaban J connectivity index is 2.32. The highest BCUT2D eigenvalue weighted by molar-refractivity contribution is 6.34. The van der Waals surface area contributed by atoms with Crippen LogP contribution in [-0.2, 0) is 11.2 Å². The van der Waals surface area contributed by atoms with Gasteiger partial charge in [-0.25, -0.2) is 14.9 Å². The molecule has 3 N–H and O–H groups in total. The van der Waals surface area contributed by atoms with Crippen LogP contribution < -0.4 is 11.1 Å². The Bertz CT molecular complexity index is 615. The maximum atomic E-state index is 12.0. The van der Waals surface area contributed by atoms with E-state index in [0.29, 0.717) is 16.5 Å². The van der Waals surface area contributed by atoms with E-state index in [1.54, 1.807) is 25.1 Å². The molecule has 0 aliphatic carbocycles. The molecule has 0 aromatic heterocycles. The molecule has 2 atom stereocenters. The van der Waals surface area contributed by atoms with Gasteiger partial charge in [0.25, 0.3) is 5.91 Å². The zero-order valence-corrected chi connectivity index (χ0v) is 12.7. The molecule has 8 heteroatoms. The minimum absolute atomic E-state index is 0.288. The van der Waals surface area contributed by atoms with Crippen LogP contribution in [-0.4, -0.2) is 35.0 Å². The number of hydrogen-bond acceptors (Lipinski definition) is 3. The monoisotopic (exact) mass is 330 g/mol. The van der Waals surface area contributed by atoms with E-state index in [0.717, 1.165) is 5.56 Å². The summed E-state index contributed by atoms with van der Waals surface area (Å²) >= 11 is 11.9. The highest BCUT2D eigenvalue weighted by Gasteiger charge is 2.55. The average Bonchev–Trinajstić information content (AvgIpc) is 2.63. The van der Waals surface area contributed by atoms with Gasteiger partial charge in [-0.15, -0.1) is 4.48 Å². The van der Waals surface area contributed by atoms with Crippen molar-refractivity contribution in [3.63, 3.8) is 0 Å². The van der Waals surface area contributed by atoms with E-state index < -0.39 is 28.5 Å². The number of primary amides is 1. The third-order valence-corrected chi connectivity index (χ3v) is 4.04. The largest absolute Gasteiger partial charge is 0.433 e. The first-order chi connectivity index (χ1) is 9.75. The van der Waals surface area contributed by atoms with Gasteiger partial charge in [-0.05, 0) is 30.7 Å². The molecule has 5 amide bonds. The van der Waals surface area contributed by atoms with E-state index in [1.165, 1.54) is 0 Å². The van der Waals surface area contributed by atoms with Crippen LogP contribution in [0.25, 0.3) is 0 Å². The van der Waals surface area contributed by atoms with Crippen molar-refractivity contribution in [2.75, 3.05) is 6.54 Å². The van der Waals surface area contributed by atoms with Crippen molar-refractivity contribution in [1.82, 2.24) is 5.32 Å².